The number of rotatable bonds is 6. The molecular formula is C14H30N2S. The molecule has 1 aliphatic rings. The van der Waals surface area contributed by atoms with Crippen molar-refractivity contribution in [3.63, 3.8) is 0 Å². The third kappa shape index (κ3) is 4.46. The van der Waals surface area contributed by atoms with Crippen molar-refractivity contribution in [1.29, 1.82) is 0 Å². The van der Waals surface area contributed by atoms with E-state index in [9.17, 15) is 0 Å². The van der Waals surface area contributed by atoms with Crippen molar-refractivity contribution in [3.05, 3.63) is 0 Å². The Kier molecular flexibility index (Phi) is 6.90. The number of hydrogen-bond acceptors (Lipinski definition) is 3. The number of hydrogen-bond donors (Lipinski definition) is 1. The van der Waals surface area contributed by atoms with E-state index in [1.54, 1.807) is 0 Å². The second-order valence-corrected chi connectivity index (χ2v) is 6.68. The highest BCUT2D eigenvalue weighted by Gasteiger charge is 2.31. The van der Waals surface area contributed by atoms with Crippen LogP contribution in [-0.4, -0.2) is 48.6 Å². The summed E-state index contributed by atoms with van der Waals surface area (Å²) in [6, 6.07) is 1.42. The SMILES string of the molecule is CCC(C)C1CNC(C(C)C)CN1CCSC. The van der Waals surface area contributed by atoms with Gasteiger partial charge < -0.3 is 5.32 Å². The molecule has 1 saturated heterocycles. The highest BCUT2D eigenvalue weighted by atomic mass is 32.2. The van der Waals surface area contributed by atoms with Gasteiger partial charge in [0.25, 0.3) is 0 Å². The van der Waals surface area contributed by atoms with Crippen LogP contribution in [0.5, 0.6) is 0 Å². The first kappa shape index (κ1) is 15.3. The molecule has 0 aromatic rings. The predicted octanol–water partition coefficient (Wildman–Crippen LogP) is 2.69. The van der Waals surface area contributed by atoms with Gasteiger partial charge in [0.2, 0.25) is 0 Å². The van der Waals surface area contributed by atoms with Crippen molar-refractivity contribution in [2.45, 2.75) is 46.2 Å². The fourth-order valence-corrected chi connectivity index (χ4v) is 3.02. The van der Waals surface area contributed by atoms with Gasteiger partial charge in [0, 0.05) is 37.5 Å². The first-order valence-corrected chi connectivity index (χ1v) is 8.45. The molecule has 1 heterocycles. The Bertz CT molecular complexity index is 208. The van der Waals surface area contributed by atoms with E-state index in [2.05, 4.69) is 44.2 Å². The lowest BCUT2D eigenvalue weighted by atomic mass is 9.92. The molecule has 0 spiro atoms. The van der Waals surface area contributed by atoms with Crippen LogP contribution >= 0.6 is 11.8 Å². The van der Waals surface area contributed by atoms with E-state index in [1.807, 2.05) is 11.8 Å². The largest absolute Gasteiger partial charge is 0.311 e. The molecule has 2 nitrogen and oxygen atoms in total. The number of nitrogens with one attached hydrogen (secondary N) is 1. The molecule has 3 heteroatoms. The zero-order chi connectivity index (χ0) is 12.8. The maximum atomic E-state index is 3.74. The Morgan fingerprint density at radius 3 is 2.59 bits per heavy atom. The fourth-order valence-electron chi connectivity index (χ4n) is 2.60. The van der Waals surface area contributed by atoms with E-state index < -0.39 is 0 Å². The fraction of sp³-hybridized carbons (Fsp3) is 1.00. The Morgan fingerprint density at radius 2 is 2.06 bits per heavy atom. The highest BCUT2D eigenvalue weighted by molar-refractivity contribution is 7.98. The Morgan fingerprint density at radius 1 is 1.35 bits per heavy atom. The third-order valence-electron chi connectivity index (χ3n) is 4.18. The van der Waals surface area contributed by atoms with Crippen molar-refractivity contribution < 1.29 is 0 Å². The maximum Gasteiger partial charge on any atom is 0.0247 e. The molecule has 1 rings (SSSR count). The average molecular weight is 258 g/mol. The van der Waals surface area contributed by atoms with Crippen LogP contribution in [0.2, 0.25) is 0 Å². The van der Waals surface area contributed by atoms with Crippen molar-refractivity contribution in [1.82, 2.24) is 10.2 Å². The van der Waals surface area contributed by atoms with E-state index in [-0.39, 0.29) is 0 Å². The minimum Gasteiger partial charge on any atom is -0.311 e. The summed E-state index contributed by atoms with van der Waals surface area (Å²) in [7, 11) is 0. The summed E-state index contributed by atoms with van der Waals surface area (Å²) >= 11 is 1.96. The Labute approximate surface area is 112 Å². The molecule has 1 aliphatic heterocycles. The summed E-state index contributed by atoms with van der Waals surface area (Å²) in [6.45, 7) is 13.0. The summed E-state index contributed by atoms with van der Waals surface area (Å²) in [6.07, 6.45) is 3.49. The van der Waals surface area contributed by atoms with E-state index in [1.165, 1.54) is 31.8 Å². The van der Waals surface area contributed by atoms with Crippen LogP contribution in [-0.2, 0) is 0 Å². The van der Waals surface area contributed by atoms with Crippen molar-refractivity contribution in [2.75, 3.05) is 31.6 Å². The van der Waals surface area contributed by atoms with Gasteiger partial charge in [-0.15, -0.1) is 0 Å². The minimum atomic E-state index is 0.678. The lowest BCUT2D eigenvalue weighted by molar-refractivity contribution is 0.0853. The molecule has 3 unspecified atom stereocenters. The lowest BCUT2D eigenvalue weighted by Crippen LogP contribution is -2.60. The summed E-state index contributed by atoms with van der Waals surface area (Å²) in [4.78, 5) is 2.73. The molecule has 102 valence electrons. The zero-order valence-corrected chi connectivity index (χ0v) is 13.0. The molecule has 1 fully saturated rings. The summed E-state index contributed by atoms with van der Waals surface area (Å²) in [5.41, 5.74) is 0. The quantitative estimate of drug-likeness (QED) is 0.788. The van der Waals surface area contributed by atoms with Gasteiger partial charge >= 0.3 is 0 Å². The first-order chi connectivity index (χ1) is 8.10. The summed E-state index contributed by atoms with van der Waals surface area (Å²) in [5, 5.41) is 3.74. The van der Waals surface area contributed by atoms with Gasteiger partial charge in [0.15, 0.2) is 0 Å². The third-order valence-corrected chi connectivity index (χ3v) is 4.77. The first-order valence-electron chi connectivity index (χ1n) is 7.06. The van der Waals surface area contributed by atoms with Crippen LogP contribution in [0, 0.1) is 11.8 Å². The van der Waals surface area contributed by atoms with Gasteiger partial charge in [0.1, 0.15) is 0 Å². The van der Waals surface area contributed by atoms with Gasteiger partial charge in [-0.05, 0) is 18.1 Å². The van der Waals surface area contributed by atoms with Crippen molar-refractivity contribution in [3.8, 4) is 0 Å². The smallest absolute Gasteiger partial charge is 0.0247 e. The van der Waals surface area contributed by atoms with Crippen LogP contribution in [0.15, 0.2) is 0 Å². The Balaban J connectivity index is 2.58. The van der Waals surface area contributed by atoms with E-state index in [4.69, 9.17) is 0 Å². The van der Waals surface area contributed by atoms with Crippen LogP contribution in [0.25, 0.3) is 0 Å². The zero-order valence-electron chi connectivity index (χ0n) is 12.2. The van der Waals surface area contributed by atoms with Gasteiger partial charge in [-0.3, -0.25) is 4.90 Å². The van der Waals surface area contributed by atoms with E-state index >= 15 is 0 Å². The number of nitrogens with zero attached hydrogens (tertiary/aromatic N) is 1. The molecular weight excluding hydrogens is 228 g/mol. The standard InChI is InChI=1S/C14H30N2S/c1-6-12(4)14-9-15-13(11(2)3)10-16(14)7-8-17-5/h11-15H,6-10H2,1-5H3. The molecule has 0 radical (unpaired) electrons. The van der Waals surface area contributed by atoms with Crippen LogP contribution < -0.4 is 5.32 Å². The second-order valence-electron chi connectivity index (χ2n) is 5.70. The monoisotopic (exact) mass is 258 g/mol. The van der Waals surface area contributed by atoms with Gasteiger partial charge in [-0.2, -0.15) is 11.8 Å². The normalized spacial score (nSPS) is 28.6. The molecule has 0 bridgehead atoms. The van der Waals surface area contributed by atoms with Crippen LogP contribution in [0.3, 0.4) is 0 Å². The molecule has 0 amide bonds. The minimum absolute atomic E-state index is 0.678. The van der Waals surface area contributed by atoms with Gasteiger partial charge in [0.05, 0.1) is 0 Å². The molecule has 0 aromatic heterocycles. The van der Waals surface area contributed by atoms with Crippen molar-refractivity contribution in [2.24, 2.45) is 11.8 Å². The Hall–Kier alpha value is 0.270. The average Bonchev–Trinajstić information content (AvgIpc) is 2.34. The van der Waals surface area contributed by atoms with E-state index in [0.717, 1.165) is 17.9 Å². The molecule has 0 aliphatic carbocycles. The second kappa shape index (κ2) is 7.65. The van der Waals surface area contributed by atoms with Gasteiger partial charge in [-0.25, -0.2) is 0 Å². The maximum absolute atomic E-state index is 3.74. The highest BCUT2D eigenvalue weighted by Crippen LogP contribution is 2.20. The molecule has 0 aromatic carbocycles. The van der Waals surface area contributed by atoms with Crippen molar-refractivity contribution >= 4 is 11.8 Å². The van der Waals surface area contributed by atoms with E-state index in [0.29, 0.717) is 6.04 Å². The molecule has 1 N–H and O–H groups in total. The lowest BCUT2D eigenvalue weighted by Gasteiger charge is -2.44. The molecule has 3 atom stereocenters. The number of thioether (sulfide) groups is 1. The van der Waals surface area contributed by atoms with Crippen LogP contribution in [0.1, 0.15) is 34.1 Å². The number of piperazine rings is 1. The van der Waals surface area contributed by atoms with Gasteiger partial charge in [-0.1, -0.05) is 34.1 Å². The summed E-state index contributed by atoms with van der Waals surface area (Å²) < 4.78 is 0. The molecule has 17 heavy (non-hydrogen) atoms. The topological polar surface area (TPSA) is 15.3 Å². The van der Waals surface area contributed by atoms with Crippen LogP contribution in [0.4, 0.5) is 0 Å². The predicted molar refractivity (Wildman–Crippen MR) is 79.8 cm³/mol. The molecule has 0 saturated carbocycles. The summed E-state index contributed by atoms with van der Waals surface area (Å²) in [5.74, 6) is 2.81.